The van der Waals surface area contributed by atoms with Crippen molar-refractivity contribution >= 4 is 23.2 Å². The van der Waals surface area contributed by atoms with Gasteiger partial charge in [-0.1, -0.05) is 48.5 Å². The summed E-state index contributed by atoms with van der Waals surface area (Å²) in [6.45, 7) is 0.452. The molecule has 4 N–H and O–H groups in total. The second-order valence-electron chi connectivity index (χ2n) is 6.22. The lowest BCUT2D eigenvalue weighted by atomic mass is 10.1. The number of benzene rings is 3. The van der Waals surface area contributed by atoms with Gasteiger partial charge in [0.2, 0.25) is 5.91 Å². The molecule has 0 aliphatic heterocycles. The Bertz CT molecular complexity index is 922. The third-order valence-corrected chi connectivity index (χ3v) is 4.05. The minimum absolute atomic E-state index is 0.151. The summed E-state index contributed by atoms with van der Waals surface area (Å²) in [7, 11) is 0. The summed E-state index contributed by atoms with van der Waals surface area (Å²) in [5.41, 5.74) is 9.29. The van der Waals surface area contributed by atoms with E-state index in [9.17, 15) is 9.59 Å². The molecule has 0 aliphatic rings. The number of carbonyl (C=O) groups is 2. The molecule has 5 heteroatoms. The highest BCUT2D eigenvalue weighted by Gasteiger charge is 2.08. The highest BCUT2D eigenvalue weighted by molar-refractivity contribution is 5.97. The Hall–Kier alpha value is -3.60. The predicted molar refractivity (Wildman–Crippen MR) is 107 cm³/mol. The van der Waals surface area contributed by atoms with Crippen molar-refractivity contribution in [2.75, 3.05) is 11.1 Å². The fourth-order valence-electron chi connectivity index (χ4n) is 2.64. The largest absolute Gasteiger partial charge is 0.399 e. The molecular formula is C22H21N3O2. The van der Waals surface area contributed by atoms with Crippen molar-refractivity contribution in [3.63, 3.8) is 0 Å². The number of carbonyl (C=O) groups excluding carboxylic acids is 2. The quantitative estimate of drug-likeness (QED) is 0.590. The van der Waals surface area contributed by atoms with Gasteiger partial charge in [0.1, 0.15) is 0 Å². The minimum Gasteiger partial charge on any atom is -0.399 e. The Morgan fingerprint density at radius 3 is 2.30 bits per heavy atom. The molecule has 0 aromatic heterocycles. The molecule has 0 atom stereocenters. The van der Waals surface area contributed by atoms with Crippen LogP contribution >= 0.6 is 0 Å². The molecule has 0 fully saturated rings. The third kappa shape index (κ3) is 5.44. The first kappa shape index (κ1) is 18.2. The molecule has 0 bridgehead atoms. The summed E-state index contributed by atoms with van der Waals surface area (Å²) < 4.78 is 0. The molecule has 3 aromatic carbocycles. The number of nitrogens with one attached hydrogen (secondary N) is 2. The zero-order valence-electron chi connectivity index (χ0n) is 14.8. The van der Waals surface area contributed by atoms with Gasteiger partial charge in [0.25, 0.3) is 5.91 Å². The van der Waals surface area contributed by atoms with E-state index in [0.29, 0.717) is 23.5 Å². The van der Waals surface area contributed by atoms with Gasteiger partial charge < -0.3 is 16.4 Å². The van der Waals surface area contributed by atoms with E-state index < -0.39 is 0 Å². The Morgan fingerprint density at radius 2 is 1.56 bits per heavy atom. The van der Waals surface area contributed by atoms with Gasteiger partial charge in [-0.25, -0.2) is 0 Å². The van der Waals surface area contributed by atoms with Crippen molar-refractivity contribution < 1.29 is 9.59 Å². The van der Waals surface area contributed by atoms with Crippen LogP contribution in [0.1, 0.15) is 21.5 Å². The first-order chi connectivity index (χ1) is 13.1. The molecule has 3 rings (SSSR count). The van der Waals surface area contributed by atoms with Crippen LogP contribution in [0.5, 0.6) is 0 Å². The maximum atomic E-state index is 12.3. The Labute approximate surface area is 158 Å². The molecule has 0 unspecified atom stereocenters. The molecular weight excluding hydrogens is 338 g/mol. The van der Waals surface area contributed by atoms with Gasteiger partial charge in [-0.05, 0) is 41.5 Å². The number of hydrogen-bond donors (Lipinski definition) is 3. The SMILES string of the molecule is Nc1ccc(CC(=O)Nc2cccc(C(=O)NCc3ccccc3)c2)cc1. The second-order valence-corrected chi connectivity index (χ2v) is 6.22. The average Bonchev–Trinajstić information content (AvgIpc) is 2.69. The van der Waals surface area contributed by atoms with Crippen LogP contribution in [0.2, 0.25) is 0 Å². The smallest absolute Gasteiger partial charge is 0.251 e. The zero-order chi connectivity index (χ0) is 19.1. The molecule has 136 valence electrons. The summed E-state index contributed by atoms with van der Waals surface area (Å²) in [5.74, 6) is -0.338. The van der Waals surface area contributed by atoms with E-state index in [4.69, 9.17) is 5.73 Å². The van der Waals surface area contributed by atoms with Crippen LogP contribution in [0.3, 0.4) is 0 Å². The summed E-state index contributed by atoms with van der Waals surface area (Å²) in [5, 5.41) is 5.70. The van der Waals surface area contributed by atoms with Crippen LogP contribution < -0.4 is 16.4 Å². The van der Waals surface area contributed by atoms with E-state index >= 15 is 0 Å². The molecule has 2 amide bonds. The van der Waals surface area contributed by atoms with Gasteiger partial charge in [0.05, 0.1) is 6.42 Å². The molecule has 0 radical (unpaired) electrons. The Balaban J connectivity index is 1.58. The van der Waals surface area contributed by atoms with Crippen LogP contribution in [0, 0.1) is 0 Å². The maximum absolute atomic E-state index is 12.3. The third-order valence-electron chi connectivity index (χ3n) is 4.05. The van der Waals surface area contributed by atoms with E-state index in [2.05, 4.69) is 10.6 Å². The van der Waals surface area contributed by atoms with Crippen LogP contribution in [-0.4, -0.2) is 11.8 Å². The van der Waals surface area contributed by atoms with Crippen LogP contribution in [-0.2, 0) is 17.8 Å². The van der Waals surface area contributed by atoms with Crippen molar-refractivity contribution in [3.05, 3.63) is 95.6 Å². The fourth-order valence-corrected chi connectivity index (χ4v) is 2.64. The van der Waals surface area contributed by atoms with Gasteiger partial charge in [-0.15, -0.1) is 0 Å². The van der Waals surface area contributed by atoms with Gasteiger partial charge in [0.15, 0.2) is 0 Å². The van der Waals surface area contributed by atoms with E-state index in [1.807, 2.05) is 42.5 Å². The van der Waals surface area contributed by atoms with Gasteiger partial charge in [-0.2, -0.15) is 0 Å². The van der Waals surface area contributed by atoms with E-state index in [0.717, 1.165) is 11.1 Å². The fraction of sp³-hybridized carbons (Fsp3) is 0.0909. The van der Waals surface area contributed by atoms with E-state index in [1.165, 1.54) is 0 Å². The lowest BCUT2D eigenvalue weighted by Crippen LogP contribution is -2.23. The number of rotatable bonds is 6. The lowest BCUT2D eigenvalue weighted by molar-refractivity contribution is -0.115. The lowest BCUT2D eigenvalue weighted by Gasteiger charge is -2.09. The summed E-state index contributed by atoms with van der Waals surface area (Å²) >= 11 is 0. The minimum atomic E-state index is -0.187. The van der Waals surface area contributed by atoms with Gasteiger partial charge in [-0.3, -0.25) is 9.59 Å². The number of hydrogen-bond acceptors (Lipinski definition) is 3. The van der Waals surface area contributed by atoms with E-state index in [1.54, 1.807) is 36.4 Å². The standard InChI is InChI=1S/C22H21N3O2/c23-19-11-9-16(10-12-19)13-21(26)25-20-8-4-7-18(14-20)22(27)24-15-17-5-2-1-3-6-17/h1-12,14H,13,15,23H2,(H,24,27)(H,25,26). The van der Waals surface area contributed by atoms with Crippen molar-refractivity contribution in [3.8, 4) is 0 Å². The highest BCUT2D eigenvalue weighted by atomic mass is 16.2. The van der Waals surface area contributed by atoms with Crippen LogP contribution in [0.15, 0.2) is 78.9 Å². The second kappa shape index (κ2) is 8.67. The topological polar surface area (TPSA) is 84.2 Å². The Morgan fingerprint density at radius 1 is 0.815 bits per heavy atom. The summed E-state index contributed by atoms with van der Waals surface area (Å²) in [4.78, 5) is 24.6. The average molecular weight is 359 g/mol. The molecule has 5 nitrogen and oxygen atoms in total. The molecule has 0 spiro atoms. The number of nitrogen functional groups attached to an aromatic ring is 1. The molecule has 0 saturated heterocycles. The predicted octanol–water partition coefficient (Wildman–Crippen LogP) is 3.38. The van der Waals surface area contributed by atoms with Crippen molar-refractivity contribution in [1.29, 1.82) is 0 Å². The van der Waals surface area contributed by atoms with Gasteiger partial charge >= 0.3 is 0 Å². The van der Waals surface area contributed by atoms with Crippen molar-refractivity contribution in [1.82, 2.24) is 5.32 Å². The molecule has 3 aromatic rings. The molecule has 27 heavy (non-hydrogen) atoms. The molecule has 0 aliphatic carbocycles. The first-order valence-corrected chi connectivity index (χ1v) is 8.66. The van der Waals surface area contributed by atoms with E-state index in [-0.39, 0.29) is 18.2 Å². The molecule has 0 saturated carbocycles. The van der Waals surface area contributed by atoms with Crippen molar-refractivity contribution in [2.45, 2.75) is 13.0 Å². The highest BCUT2D eigenvalue weighted by Crippen LogP contribution is 2.13. The normalized spacial score (nSPS) is 10.2. The van der Waals surface area contributed by atoms with Crippen LogP contribution in [0.25, 0.3) is 0 Å². The van der Waals surface area contributed by atoms with Gasteiger partial charge in [0, 0.05) is 23.5 Å². The summed E-state index contributed by atoms with van der Waals surface area (Å²) in [6, 6.07) is 23.8. The first-order valence-electron chi connectivity index (χ1n) is 8.66. The number of amides is 2. The van der Waals surface area contributed by atoms with Crippen LogP contribution in [0.4, 0.5) is 11.4 Å². The summed E-state index contributed by atoms with van der Waals surface area (Å²) in [6.07, 6.45) is 0.241. The van der Waals surface area contributed by atoms with Crippen molar-refractivity contribution in [2.24, 2.45) is 0 Å². The molecule has 0 heterocycles. The zero-order valence-corrected chi connectivity index (χ0v) is 14.8. The number of anilines is 2. The number of nitrogens with two attached hydrogens (primary N) is 1. The monoisotopic (exact) mass is 359 g/mol. The maximum Gasteiger partial charge on any atom is 0.251 e. The Kier molecular flexibility index (Phi) is 5.84.